The molecular formula is C21H19ClN2O4S. The number of halogens is 1. The van der Waals surface area contributed by atoms with E-state index in [1.54, 1.807) is 24.3 Å². The third kappa shape index (κ3) is 3.68. The minimum atomic E-state index is -0.516. The second-order valence-corrected chi connectivity index (χ2v) is 8.71. The Bertz CT molecular complexity index is 1200. The summed E-state index contributed by atoms with van der Waals surface area (Å²) in [5, 5.41) is 12.5. The number of fused-ring (bicyclic) bond motifs is 2. The average Bonchev–Trinajstić information content (AvgIpc) is 3.03. The highest BCUT2D eigenvalue weighted by molar-refractivity contribution is 7.17. The van der Waals surface area contributed by atoms with Crippen molar-refractivity contribution in [3.8, 4) is 0 Å². The van der Waals surface area contributed by atoms with Crippen LogP contribution in [-0.2, 0) is 17.6 Å². The van der Waals surface area contributed by atoms with Crippen molar-refractivity contribution in [2.45, 2.75) is 26.2 Å². The van der Waals surface area contributed by atoms with Crippen LogP contribution in [0, 0.1) is 11.3 Å². The number of methoxy groups -OCH3 is 1. The van der Waals surface area contributed by atoms with E-state index < -0.39 is 11.9 Å². The molecule has 1 amide bonds. The lowest BCUT2D eigenvalue weighted by Crippen LogP contribution is -2.21. The normalized spacial score (nSPS) is 15.8. The largest absolute Gasteiger partial charge is 0.465 e. The van der Waals surface area contributed by atoms with Gasteiger partial charge < -0.3 is 14.5 Å². The zero-order valence-electron chi connectivity index (χ0n) is 15.9. The maximum Gasteiger partial charge on any atom is 0.341 e. The van der Waals surface area contributed by atoms with Crippen LogP contribution in [0.1, 0.15) is 44.5 Å². The predicted octanol–water partition coefficient (Wildman–Crippen LogP) is 4.79. The molecule has 8 heteroatoms. The maximum absolute atomic E-state index is 12.9. The number of rotatable bonds is 3. The van der Waals surface area contributed by atoms with Crippen LogP contribution in [0.3, 0.4) is 0 Å². The number of amides is 1. The van der Waals surface area contributed by atoms with E-state index >= 15 is 0 Å². The second kappa shape index (κ2) is 7.65. The molecule has 0 saturated heterocycles. The molecule has 4 rings (SSSR count). The van der Waals surface area contributed by atoms with Gasteiger partial charge in [0.25, 0.3) is 5.91 Å². The first kappa shape index (κ1) is 19.7. The molecule has 29 heavy (non-hydrogen) atoms. The summed E-state index contributed by atoms with van der Waals surface area (Å²) in [5.74, 6) is -0.454. The van der Waals surface area contributed by atoms with Gasteiger partial charge in [-0.25, -0.2) is 4.79 Å². The number of nitrogens with one attached hydrogen (secondary N) is 2. The van der Waals surface area contributed by atoms with E-state index in [1.165, 1.54) is 18.4 Å². The number of benzene rings is 1. The summed E-state index contributed by atoms with van der Waals surface area (Å²) in [6, 6.07) is 6.55. The molecule has 0 bridgehead atoms. The molecule has 2 N–H and O–H groups in total. The van der Waals surface area contributed by atoms with Crippen molar-refractivity contribution in [3.05, 3.63) is 56.4 Å². The molecule has 6 nitrogen and oxygen atoms in total. The molecular weight excluding hydrogens is 412 g/mol. The van der Waals surface area contributed by atoms with Crippen LogP contribution in [0.5, 0.6) is 0 Å². The number of carbonyl (C=O) groups excluding carboxylic acids is 2. The zero-order chi connectivity index (χ0) is 20.7. The maximum atomic E-state index is 12.9. The standard InChI is InChI=1S/C21H19ClN2O4S/c1-10-3-5-13-16(7-10)29-20(17(13)21(26)27-2)24-19(25)14-9-11-8-12(22)4-6-15(11)28-18(14)23/h4,6,8-10,23H,3,5,7H2,1-2H3,(H,24,25). The minimum absolute atomic E-state index is 0.0651. The fourth-order valence-corrected chi connectivity index (χ4v) is 5.18. The predicted molar refractivity (Wildman–Crippen MR) is 112 cm³/mol. The molecule has 1 aliphatic carbocycles. The quantitative estimate of drug-likeness (QED) is 0.584. The van der Waals surface area contributed by atoms with Gasteiger partial charge in [0.2, 0.25) is 5.55 Å². The van der Waals surface area contributed by atoms with E-state index in [0.29, 0.717) is 32.5 Å². The van der Waals surface area contributed by atoms with Crippen LogP contribution in [0.4, 0.5) is 5.00 Å². The number of ether oxygens (including phenoxy) is 1. The summed E-state index contributed by atoms with van der Waals surface area (Å²) in [5.41, 5.74) is 1.64. The van der Waals surface area contributed by atoms with Gasteiger partial charge in [0.15, 0.2) is 0 Å². The Balaban J connectivity index is 1.73. The topological polar surface area (TPSA) is 92.4 Å². The lowest BCUT2D eigenvalue weighted by Gasteiger charge is -2.18. The Morgan fingerprint density at radius 1 is 1.34 bits per heavy atom. The van der Waals surface area contributed by atoms with Crippen LogP contribution in [-0.4, -0.2) is 19.0 Å². The van der Waals surface area contributed by atoms with Gasteiger partial charge in [0, 0.05) is 15.3 Å². The molecule has 1 aromatic carbocycles. The first-order valence-corrected chi connectivity index (χ1v) is 10.4. The van der Waals surface area contributed by atoms with Crippen molar-refractivity contribution in [2.24, 2.45) is 5.92 Å². The minimum Gasteiger partial charge on any atom is -0.465 e. The average molecular weight is 431 g/mol. The van der Waals surface area contributed by atoms with E-state index in [2.05, 4.69) is 12.2 Å². The number of esters is 1. The molecule has 0 aliphatic heterocycles. The van der Waals surface area contributed by atoms with Crippen molar-refractivity contribution >= 4 is 50.8 Å². The van der Waals surface area contributed by atoms with Crippen molar-refractivity contribution in [1.29, 1.82) is 5.41 Å². The summed E-state index contributed by atoms with van der Waals surface area (Å²) in [6.07, 6.45) is 2.64. The number of anilines is 1. The summed E-state index contributed by atoms with van der Waals surface area (Å²) < 4.78 is 10.4. The zero-order valence-corrected chi connectivity index (χ0v) is 17.5. The summed E-state index contributed by atoms with van der Waals surface area (Å²) in [6.45, 7) is 2.17. The molecule has 1 unspecified atom stereocenters. The number of hydrogen-bond donors (Lipinski definition) is 2. The molecule has 0 radical (unpaired) electrons. The number of hydrogen-bond acceptors (Lipinski definition) is 6. The highest BCUT2D eigenvalue weighted by Crippen LogP contribution is 2.40. The molecule has 0 saturated carbocycles. The first-order valence-electron chi connectivity index (χ1n) is 9.19. The third-order valence-corrected chi connectivity index (χ3v) is 6.51. The van der Waals surface area contributed by atoms with E-state index in [1.807, 2.05) is 0 Å². The Kier molecular flexibility index (Phi) is 5.19. The highest BCUT2D eigenvalue weighted by atomic mass is 35.5. The smallest absolute Gasteiger partial charge is 0.341 e. The monoisotopic (exact) mass is 430 g/mol. The van der Waals surface area contributed by atoms with Gasteiger partial charge in [-0.1, -0.05) is 18.5 Å². The lowest BCUT2D eigenvalue weighted by atomic mass is 9.88. The van der Waals surface area contributed by atoms with Crippen molar-refractivity contribution in [3.63, 3.8) is 0 Å². The number of thiophene rings is 1. The first-order chi connectivity index (χ1) is 13.9. The molecule has 150 valence electrons. The molecule has 3 aromatic rings. The summed E-state index contributed by atoms with van der Waals surface area (Å²) in [4.78, 5) is 26.4. The van der Waals surface area contributed by atoms with Gasteiger partial charge in [-0.3, -0.25) is 10.2 Å². The number of carbonyl (C=O) groups is 2. The molecule has 1 atom stereocenters. The SMILES string of the molecule is COC(=O)c1c(NC(=O)c2cc3cc(Cl)ccc3oc2=N)sc2c1CCC(C)C2. The summed E-state index contributed by atoms with van der Waals surface area (Å²) in [7, 11) is 1.33. The van der Waals surface area contributed by atoms with Gasteiger partial charge >= 0.3 is 5.97 Å². The van der Waals surface area contributed by atoms with Gasteiger partial charge in [-0.15, -0.1) is 11.3 Å². The Morgan fingerprint density at radius 2 is 2.14 bits per heavy atom. The van der Waals surface area contributed by atoms with Crippen LogP contribution in [0.25, 0.3) is 11.0 Å². The van der Waals surface area contributed by atoms with Crippen LogP contribution < -0.4 is 10.9 Å². The van der Waals surface area contributed by atoms with Crippen LogP contribution in [0.15, 0.2) is 28.7 Å². The van der Waals surface area contributed by atoms with Crippen LogP contribution in [0.2, 0.25) is 5.02 Å². The fraction of sp³-hybridized carbons (Fsp3) is 0.286. The summed E-state index contributed by atoms with van der Waals surface area (Å²) >= 11 is 7.42. The van der Waals surface area contributed by atoms with Gasteiger partial charge in [-0.2, -0.15) is 0 Å². The fourth-order valence-electron chi connectivity index (χ4n) is 3.61. The Labute approximate surface area is 176 Å². The molecule has 0 fully saturated rings. The van der Waals surface area contributed by atoms with Crippen molar-refractivity contribution in [1.82, 2.24) is 0 Å². The van der Waals surface area contributed by atoms with Crippen LogP contribution >= 0.6 is 22.9 Å². The van der Waals surface area contributed by atoms with Gasteiger partial charge in [0.05, 0.1) is 12.7 Å². The highest BCUT2D eigenvalue weighted by Gasteiger charge is 2.29. The Hall–Kier alpha value is -2.64. The van der Waals surface area contributed by atoms with E-state index in [4.69, 9.17) is 26.2 Å². The van der Waals surface area contributed by atoms with E-state index in [0.717, 1.165) is 29.7 Å². The third-order valence-electron chi connectivity index (χ3n) is 5.10. The van der Waals surface area contributed by atoms with Crippen molar-refractivity contribution in [2.75, 3.05) is 12.4 Å². The van der Waals surface area contributed by atoms with Gasteiger partial charge in [0.1, 0.15) is 16.1 Å². The molecule has 2 heterocycles. The Morgan fingerprint density at radius 3 is 2.90 bits per heavy atom. The molecule has 1 aliphatic rings. The second-order valence-electron chi connectivity index (χ2n) is 7.17. The lowest BCUT2D eigenvalue weighted by molar-refractivity contribution is 0.0601. The van der Waals surface area contributed by atoms with Gasteiger partial charge in [-0.05, 0) is 55.0 Å². The van der Waals surface area contributed by atoms with Crippen molar-refractivity contribution < 1.29 is 18.7 Å². The van der Waals surface area contributed by atoms with E-state index in [-0.39, 0.29) is 11.1 Å². The molecule has 0 spiro atoms. The van der Waals surface area contributed by atoms with E-state index in [9.17, 15) is 9.59 Å². The molecule has 2 aromatic heterocycles.